The number of carboxylic acid groups (broad SMARTS) is 1. The van der Waals surface area contributed by atoms with Gasteiger partial charge in [0, 0.05) is 6.54 Å². The van der Waals surface area contributed by atoms with Crippen molar-refractivity contribution in [3.8, 4) is 0 Å². The van der Waals surface area contributed by atoms with Gasteiger partial charge >= 0.3 is 5.97 Å². The number of benzene rings is 2. The van der Waals surface area contributed by atoms with Crippen LogP contribution in [0.2, 0.25) is 10.0 Å². The molecule has 1 aliphatic heterocycles. The molecule has 1 fully saturated rings. The molecule has 0 aliphatic carbocycles. The number of carbonyl (C=O) groups is 1. The number of rotatable bonds is 4. The Kier molecular flexibility index (Phi) is 5.14. The highest BCUT2D eigenvalue weighted by Crippen LogP contribution is 2.37. The van der Waals surface area contributed by atoms with Crippen molar-refractivity contribution >= 4 is 29.2 Å². The van der Waals surface area contributed by atoms with E-state index in [0.717, 1.165) is 29.7 Å². The quantitative estimate of drug-likeness (QED) is 0.835. The largest absolute Gasteiger partial charge is 0.480 e. The second-order valence-electron chi connectivity index (χ2n) is 6.22. The molecule has 0 saturated carbocycles. The van der Waals surface area contributed by atoms with Crippen molar-refractivity contribution in [1.82, 2.24) is 4.90 Å². The summed E-state index contributed by atoms with van der Waals surface area (Å²) >= 11 is 12.3. The zero-order valence-electron chi connectivity index (χ0n) is 13.4. The lowest BCUT2D eigenvalue weighted by molar-refractivity contribution is -0.142. The van der Waals surface area contributed by atoms with Crippen LogP contribution >= 0.6 is 23.2 Å². The summed E-state index contributed by atoms with van der Waals surface area (Å²) in [7, 11) is 0. The first kappa shape index (κ1) is 17.3. The molecule has 3 rings (SSSR count). The average Bonchev–Trinajstić information content (AvgIpc) is 3.01. The van der Waals surface area contributed by atoms with Crippen molar-refractivity contribution in [3.05, 3.63) is 69.2 Å². The number of hydrogen-bond donors (Lipinski definition) is 1. The maximum Gasteiger partial charge on any atom is 0.320 e. The average molecular weight is 364 g/mol. The van der Waals surface area contributed by atoms with Gasteiger partial charge in [-0.15, -0.1) is 0 Å². The molecule has 126 valence electrons. The summed E-state index contributed by atoms with van der Waals surface area (Å²) in [5, 5.41) is 10.6. The molecule has 2 unspecified atom stereocenters. The second kappa shape index (κ2) is 7.14. The van der Waals surface area contributed by atoms with E-state index >= 15 is 0 Å². The standard InChI is InChI=1S/C19H19Cl2NO2/c1-12-4-2-5-13(10-12)18(14-7-8-15(20)16(21)11-14)22-9-3-6-17(22)19(23)24/h2,4-5,7-8,10-11,17-18H,3,6,9H2,1H3,(H,23,24). The number of aryl methyl sites for hydroxylation is 1. The minimum absolute atomic E-state index is 0.150. The minimum Gasteiger partial charge on any atom is -0.480 e. The van der Waals surface area contributed by atoms with Gasteiger partial charge in [-0.25, -0.2) is 0 Å². The van der Waals surface area contributed by atoms with Crippen LogP contribution in [0.5, 0.6) is 0 Å². The van der Waals surface area contributed by atoms with Crippen LogP contribution in [0.15, 0.2) is 42.5 Å². The molecular formula is C19H19Cl2NO2. The normalized spacial score (nSPS) is 19.4. The predicted molar refractivity (Wildman–Crippen MR) is 96.8 cm³/mol. The molecule has 0 radical (unpaired) electrons. The van der Waals surface area contributed by atoms with E-state index in [1.807, 2.05) is 37.3 Å². The maximum atomic E-state index is 11.7. The van der Waals surface area contributed by atoms with E-state index in [1.165, 1.54) is 0 Å². The van der Waals surface area contributed by atoms with Gasteiger partial charge in [0.2, 0.25) is 0 Å². The van der Waals surface area contributed by atoms with Gasteiger partial charge in [-0.3, -0.25) is 9.69 Å². The lowest BCUT2D eigenvalue weighted by Crippen LogP contribution is -2.39. The van der Waals surface area contributed by atoms with E-state index in [1.54, 1.807) is 6.07 Å². The van der Waals surface area contributed by atoms with Crippen molar-refractivity contribution in [2.75, 3.05) is 6.54 Å². The molecule has 1 N–H and O–H groups in total. The van der Waals surface area contributed by atoms with Crippen LogP contribution in [0.4, 0.5) is 0 Å². The van der Waals surface area contributed by atoms with Crippen LogP contribution in [0.3, 0.4) is 0 Å². The van der Waals surface area contributed by atoms with Gasteiger partial charge in [0.05, 0.1) is 16.1 Å². The van der Waals surface area contributed by atoms with Gasteiger partial charge in [0.15, 0.2) is 0 Å². The van der Waals surface area contributed by atoms with E-state index < -0.39 is 12.0 Å². The van der Waals surface area contributed by atoms with Gasteiger partial charge in [-0.2, -0.15) is 0 Å². The number of hydrogen-bond acceptors (Lipinski definition) is 2. The Balaban J connectivity index is 2.10. The summed E-state index contributed by atoms with van der Waals surface area (Å²) in [5.74, 6) is -0.773. The number of aliphatic carboxylic acids is 1. The summed E-state index contributed by atoms with van der Waals surface area (Å²) in [6, 6.07) is 13.1. The molecule has 0 aromatic heterocycles. The third-order valence-electron chi connectivity index (χ3n) is 4.53. The lowest BCUT2D eigenvalue weighted by atomic mass is 9.95. The molecule has 2 aromatic rings. The smallest absolute Gasteiger partial charge is 0.320 e. The zero-order valence-corrected chi connectivity index (χ0v) is 14.9. The molecule has 2 aromatic carbocycles. The van der Waals surface area contributed by atoms with Crippen molar-refractivity contribution < 1.29 is 9.90 Å². The molecule has 1 heterocycles. The van der Waals surface area contributed by atoms with Crippen LogP contribution in [0, 0.1) is 6.92 Å². The Hall–Kier alpha value is -1.55. The fourth-order valence-electron chi connectivity index (χ4n) is 3.46. The first-order valence-corrected chi connectivity index (χ1v) is 8.73. The Morgan fingerprint density at radius 3 is 2.58 bits per heavy atom. The molecule has 3 nitrogen and oxygen atoms in total. The molecule has 1 aliphatic rings. The predicted octanol–water partition coefficient (Wildman–Crippen LogP) is 4.94. The molecule has 0 amide bonds. The van der Waals surface area contributed by atoms with E-state index in [4.69, 9.17) is 23.2 Å². The van der Waals surface area contributed by atoms with Crippen LogP contribution in [-0.2, 0) is 4.79 Å². The summed E-state index contributed by atoms with van der Waals surface area (Å²) in [6.45, 7) is 2.78. The Labute approximate surface area is 151 Å². The number of halogens is 2. The molecule has 5 heteroatoms. The first-order chi connectivity index (χ1) is 11.5. The molecule has 0 bridgehead atoms. The van der Waals surface area contributed by atoms with Crippen molar-refractivity contribution in [2.24, 2.45) is 0 Å². The van der Waals surface area contributed by atoms with E-state index in [-0.39, 0.29) is 6.04 Å². The first-order valence-electron chi connectivity index (χ1n) is 7.97. The molecule has 1 saturated heterocycles. The highest BCUT2D eigenvalue weighted by atomic mass is 35.5. The molecule has 2 atom stereocenters. The van der Waals surface area contributed by atoms with Gasteiger partial charge in [-0.05, 0) is 43.0 Å². The summed E-state index contributed by atoms with van der Waals surface area (Å²) in [5.41, 5.74) is 3.17. The van der Waals surface area contributed by atoms with Crippen molar-refractivity contribution in [3.63, 3.8) is 0 Å². The van der Waals surface area contributed by atoms with Gasteiger partial charge in [0.25, 0.3) is 0 Å². The van der Waals surface area contributed by atoms with Gasteiger partial charge in [-0.1, -0.05) is 59.1 Å². The van der Waals surface area contributed by atoms with E-state index in [9.17, 15) is 9.90 Å². The van der Waals surface area contributed by atoms with Gasteiger partial charge in [0.1, 0.15) is 6.04 Å². The Bertz CT molecular complexity index is 763. The lowest BCUT2D eigenvalue weighted by Gasteiger charge is -2.32. The fraction of sp³-hybridized carbons (Fsp3) is 0.316. The van der Waals surface area contributed by atoms with Crippen LogP contribution in [-0.4, -0.2) is 28.6 Å². The van der Waals surface area contributed by atoms with Crippen LogP contribution in [0.25, 0.3) is 0 Å². The van der Waals surface area contributed by atoms with Crippen LogP contribution < -0.4 is 0 Å². The topological polar surface area (TPSA) is 40.5 Å². The number of likely N-dealkylation sites (tertiary alicyclic amines) is 1. The third-order valence-corrected chi connectivity index (χ3v) is 5.27. The minimum atomic E-state index is -0.773. The number of nitrogens with zero attached hydrogens (tertiary/aromatic N) is 1. The summed E-state index contributed by atoms with van der Waals surface area (Å²) < 4.78 is 0. The SMILES string of the molecule is Cc1cccc(C(c2ccc(Cl)c(Cl)c2)N2CCCC2C(=O)O)c1. The van der Waals surface area contributed by atoms with Crippen molar-refractivity contribution in [1.29, 1.82) is 0 Å². The molecular weight excluding hydrogens is 345 g/mol. The van der Waals surface area contributed by atoms with Crippen LogP contribution in [0.1, 0.15) is 35.6 Å². The zero-order chi connectivity index (χ0) is 17.3. The van der Waals surface area contributed by atoms with E-state index in [0.29, 0.717) is 16.5 Å². The monoisotopic (exact) mass is 363 g/mol. The van der Waals surface area contributed by atoms with E-state index in [2.05, 4.69) is 11.0 Å². The highest BCUT2D eigenvalue weighted by Gasteiger charge is 2.36. The number of carboxylic acids is 1. The Morgan fingerprint density at radius 1 is 1.17 bits per heavy atom. The fourth-order valence-corrected chi connectivity index (χ4v) is 3.77. The maximum absolute atomic E-state index is 11.7. The third kappa shape index (κ3) is 3.44. The molecule has 24 heavy (non-hydrogen) atoms. The van der Waals surface area contributed by atoms with Crippen molar-refractivity contribution in [2.45, 2.75) is 31.8 Å². The molecule has 0 spiro atoms. The van der Waals surface area contributed by atoms with Gasteiger partial charge < -0.3 is 5.11 Å². The highest BCUT2D eigenvalue weighted by molar-refractivity contribution is 6.42. The summed E-state index contributed by atoms with van der Waals surface area (Å²) in [6.07, 6.45) is 1.54. The second-order valence-corrected chi connectivity index (χ2v) is 7.04. The Morgan fingerprint density at radius 2 is 1.92 bits per heavy atom. The summed E-state index contributed by atoms with van der Waals surface area (Å²) in [4.78, 5) is 13.7.